The molecule has 1 aromatic rings. The third-order valence-corrected chi connectivity index (χ3v) is 1.48. The highest BCUT2D eigenvalue weighted by Gasteiger charge is 2.07. The molecule has 60 valence electrons. The molecule has 0 radical (unpaired) electrons. The first-order valence-electron chi connectivity index (χ1n) is 3.63. The van der Waals surface area contributed by atoms with Gasteiger partial charge in [0.15, 0.2) is 0 Å². The van der Waals surface area contributed by atoms with Crippen molar-refractivity contribution in [3.05, 3.63) is 36.3 Å². The molecule has 0 saturated heterocycles. The summed E-state index contributed by atoms with van der Waals surface area (Å²) in [6.07, 6.45) is 2.42. The van der Waals surface area contributed by atoms with E-state index in [1.807, 2.05) is 19.1 Å². The van der Waals surface area contributed by atoms with E-state index >= 15 is 0 Å². The van der Waals surface area contributed by atoms with Crippen molar-refractivity contribution in [3.63, 3.8) is 0 Å². The van der Waals surface area contributed by atoms with Gasteiger partial charge in [0.05, 0.1) is 12.3 Å². The third kappa shape index (κ3) is 2.24. The SMILES string of the molecule is C=C(C)C[C@H](N)c1ccco1. The summed E-state index contributed by atoms with van der Waals surface area (Å²) >= 11 is 0. The lowest BCUT2D eigenvalue weighted by atomic mass is 10.1. The van der Waals surface area contributed by atoms with Gasteiger partial charge < -0.3 is 10.2 Å². The Hall–Kier alpha value is -1.02. The van der Waals surface area contributed by atoms with E-state index in [2.05, 4.69) is 6.58 Å². The van der Waals surface area contributed by atoms with Crippen molar-refractivity contribution in [1.29, 1.82) is 0 Å². The van der Waals surface area contributed by atoms with Crippen molar-refractivity contribution in [3.8, 4) is 0 Å². The summed E-state index contributed by atoms with van der Waals surface area (Å²) in [5, 5.41) is 0. The second kappa shape index (κ2) is 3.39. The maximum atomic E-state index is 5.79. The van der Waals surface area contributed by atoms with Crippen LogP contribution in [0.3, 0.4) is 0 Å². The Labute approximate surface area is 66.7 Å². The van der Waals surface area contributed by atoms with Gasteiger partial charge in [-0.3, -0.25) is 0 Å². The van der Waals surface area contributed by atoms with E-state index in [1.54, 1.807) is 6.26 Å². The van der Waals surface area contributed by atoms with E-state index < -0.39 is 0 Å². The summed E-state index contributed by atoms with van der Waals surface area (Å²) < 4.78 is 5.13. The smallest absolute Gasteiger partial charge is 0.120 e. The molecule has 0 aliphatic heterocycles. The van der Waals surface area contributed by atoms with Crippen LogP contribution in [0.1, 0.15) is 25.1 Å². The standard InChI is InChI=1S/C9H13NO/c1-7(2)6-8(10)9-4-3-5-11-9/h3-5,8H,1,6,10H2,2H3/t8-/m0/s1. The van der Waals surface area contributed by atoms with E-state index in [0.29, 0.717) is 0 Å². The van der Waals surface area contributed by atoms with Gasteiger partial charge in [-0.05, 0) is 25.5 Å². The lowest BCUT2D eigenvalue weighted by Crippen LogP contribution is -2.08. The van der Waals surface area contributed by atoms with Gasteiger partial charge in [-0.1, -0.05) is 5.57 Å². The van der Waals surface area contributed by atoms with E-state index in [1.165, 1.54) is 0 Å². The number of rotatable bonds is 3. The molecule has 2 nitrogen and oxygen atoms in total. The fourth-order valence-corrected chi connectivity index (χ4v) is 0.978. The van der Waals surface area contributed by atoms with Crippen LogP contribution in [-0.2, 0) is 0 Å². The molecule has 0 saturated carbocycles. The normalized spacial score (nSPS) is 12.9. The largest absolute Gasteiger partial charge is 0.468 e. The van der Waals surface area contributed by atoms with Crippen LogP contribution in [0.5, 0.6) is 0 Å². The Kier molecular flexibility index (Phi) is 2.49. The van der Waals surface area contributed by atoms with E-state index in [-0.39, 0.29) is 6.04 Å². The van der Waals surface area contributed by atoms with Crippen LogP contribution in [0.15, 0.2) is 35.0 Å². The molecule has 1 heterocycles. The molecule has 0 aliphatic rings. The van der Waals surface area contributed by atoms with Gasteiger partial charge in [0.1, 0.15) is 5.76 Å². The summed E-state index contributed by atoms with van der Waals surface area (Å²) in [6, 6.07) is 3.68. The zero-order valence-corrected chi connectivity index (χ0v) is 6.71. The van der Waals surface area contributed by atoms with Gasteiger partial charge in [0, 0.05) is 0 Å². The van der Waals surface area contributed by atoms with E-state index in [9.17, 15) is 0 Å². The molecule has 0 aliphatic carbocycles. The van der Waals surface area contributed by atoms with Gasteiger partial charge in [-0.2, -0.15) is 0 Å². The lowest BCUT2D eigenvalue weighted by Gasteiger charge is -2.06. The monoisotopic (exact) mass is 151 g/mol. The highest BCUT2D eigenvalue weighted by molar-refractivity contribution is 5.07. The minimum absolute atomic E-state index is 0.0394. The maximum absolute atomic E-state index is 5.79. The summed E-state index contributed by atoms with van der Waals surface area (Å²) in [5.41, 5.74) is 6.86. The minimum atomic E-state index is -0.0394. The summed E-state index contributed by atoms with van der Waals surface area (Å²) in [5.74, 6) is 0.827. The Balaban J connectivity index is 2.56. The zero-order chi connectivity index (χ0) is 8.27. The molecule has 2 heteroatoms. The van der Waals surface area contributed by atoms with Crippen LogP contribution < -0.4 is 5.73 Å². The summed E-state index contributed by atoms with van der Waals surface area (Å²) in [7, 11) is 0. The van der Waals surface area contributed by atoms with Gasteiger partial charge in [-0.15, -0.1) is 6.58 Å². The first-order valence-corrected chi connectivity index (χ1v) is 3.63. The first-order chi connectivity index (χ1) is 5.20. The predicted octanol–water partition coefficient (Wildman–Crippen LogP) is 2.25. The Morgan fingerprint density at radius 2 is 2.55 bits per heavy atom. The van der Waals surface area contributed by atoms with Crippen molar-refractivity contribution >= 4 is 0 Å². The second-order valence-electron chi connectivity index (χ2n) is 2.78. The van der Waals surface area contributed by atoms with Gasteiger partial charge in [-0.25, -0.2) is 0 Å². The summed E-state index contributed by atoms with van der Waals surface area (Å²) in [6.45, 7) is 5.74. The van der Waals surface area contributed by atoms with Gasteiger partial charge in [0.25, 0.3) is 0 Å². The van der Waals surface area contributed by atoms with Crippen LogP contribution >= 0.6 is 0 Å². The molecule has 0 amide bonds. The van der Waals surface area contributed by atoms with Crippen molar-refractivity contribution in [1.82, 2.24) is 0 Å². The third-order valence-electron chi connectivity index (χ3n) is 1.48. The van der Waals surface area contributed by atoms with Gasteiger partial charge in [0.2, 0.25) is 0 Å². The zero-order valence-electron chi connectivity index (χ0n) is 6.71. The number of hydrogen-bond donors (Lipinski definition) is 1. The molecule has 1 aromatic heterocycles. The lowest BCUT2D eigenvalue weighted by molar-refractivity contribution is 0.464. The molecule has 0 spiro atoms. The predicted molar refractivity (Wildman–Crippen MR) is 45.1 cm³/mol. The maximum Gasteiger partial charge on any atom is 0.120 e. The van der Waals surface area contributed by atoms with Gasteiger partial charge >= 0.3 is 0 Å². The quantitative estimate of drug-likeness (QED) is 0.673. The number of nitrogens with two attached hydrogens (primary N) is 1. The molecule has 1 rings (SSSR count). The molecule has 2 N–H and O–H groups in total. The molecule has 0 fully saturated rings. The number of hydrogen-bond acceptors (Lipinski definition) is 2. The first kappa shape index (κ1) is 8.08. The van der Waals surface area contributed by atoms with Crippen LogP contribution in [-0.4, -0.2) is 0 Å². The molecular weight excluding hydrogens is 138 g/mol. The van der Waals surface area contributed by atoms with E-state index in [0.717, 1.165) is 17.8 Å². The van der Waals surface area contributed by atoms with Crippen LogP contribution in [0.2, 0.25) is 0 Å². The molecule has 11 heavy (non-hydrogen) atoms. The Morgan fingerprint density at radius 3 is 3.00 bits per heavy atom. The highest BCUT2D eigenvalue weighted by Crippen LogP contribution is 2.17. The van der Waals surface area contributed by atoms with Crippen molar-refractivity contribution in [2.75, 3.05) is 0 Å². The highest BCUT2D eigenvalue weighted by atomic mass is 16.3. The van der Waals surface area contributed by atoms with E-state index in [4.69, 9.17) is 10.2 Å². The fraction of sp³-hybridized carbons (Fsp3) is 0.333. The van der Waals surface area contributed by atoms with Crippen LogP contribution in [0.25, 0.3) is 0 Å². The molecular formula is C9H13NO. The molecule has 0 aromatic carbocycles. The average Bonchev–Trinajstić information content (AvgIpc) is 2.35. The number of furan rings is 1. The van der Waals surface area contributed by atoms with Crippen molar-refractivity contribution in [2.24, 2.45) is 5.73 Å². The van der Waals surface area contributed by atoms with Crippen molar-refractivity contribution in [2.45, 2.75) is 19.4 Å². The molecule has 0 unspecified atom stereocenters. The second-order valence-corrected chi connectivity index (χ2v) is 2.78. The van der Waals surface area contributed by atoms with Crippen molar-refractivity contribution < 1.29 is 4.42 Å². The fourth-order valence-electron chi connectivity index (χ4n) is 0.978. The Morgan fingerprint density at radius 1 is 1.82 bits per heavy atom. The van der Waals surface area contributed by atoms with Crippen LogP contribution in [0, 0.1) is 0 Å². The molecule has 0 bridgehead atoms. The summed E-state index contributed by atoms with van der Waals surface area (Å²) in [4.78, 5) is 0. The average molecular weight is 151 g/mol. The minimum Gasteiger partial charge on any atom is -0.468 e. The topological polar surface area (TPSA) is 39.2 Å². The van der Waals surface area contributed by atoms with Crippen LogP contribution in [0.4, 0.5) is 0 Å². The molecule has 1 atom stereocenters. The Bertz CT molecular complexity index is 226.